The maximum Gasteiger partial charge on any atom is 0.199 e. The third-order valence-corrected chi connectivity index (χ3v) is 7.80. The van der Waals surface area contributed by atoms with Gasteiger partial charge in [0.2, 0.25) is 0 Å². The number of aliphatic hydroxyl groups excluding tert-OH is 1. The molecule has 0 radical (unpaired) electrons. The van der Waals surface area contributed by atoms with E-state index < -0.39 is 11.6 Å². The van der Waals surface area contributed by atoms with E-state index >= 15 is 4.39 Å². The van der Waals surface area contributed by atoms with Crippen LogP contribution >= 0.6 is 11.3 Å². The highest BCUT2D eigenvalue weighted by Gasteiger charge is 2.30. The smallest absolute Gasteiger partial charge is 0.199 e. The number of aromatic hydroxyl groups is 1. The van der Waals surface area contributed by atoms with Crippen LogP contribution in [0.3, 0.4) is 0 Å². The van der Waals surface area contributed by atoms with Gasteiger partial charge in [-0.25, -0.2) is 19.3 Å². The summed E-state index contributed by atoms with van der Waals surface area (Å²) in [5.74, 6) is 0.970. The van der Waals surface area contributed by atoms with E-state index in [0.717, 1.165) is 35.3 Å². The summed E-state index contributed by atoms with van der Waals surface area (Å²) in [6, 6.07) is 14.5. The van der Waals surface area contributed by atoms with Gasteiger partial charge in [-0.1, -0.05) is 42.5 Å². The predicted octanol–water partition coefficient (Wildman–Crippen LogP) is 5.09. The van der Waals surface area contributed by atoms with Crippen LogP contribution in [0.4, 0.5) is 10.2 Å². The number of fused-ring (bicyclic) bond motifs is 1. The first-order valence-electron chi connectivity index (χ1n) is 11.8. The van der Waals surface area contributed by atoms with Crippen molar-refractivity contribution in [3.63, 3.8) is 0 Å². The number of benzene rings is 2. The standard InChI is InChI=1S/C27H24FN5O2S/c1-32-13-11-29-26(32)24-30-25(33-12-10-16(14-33)15-34)21-20(17-6-3-2-4-7-17)23(36-27(21)31-24)18-8-5-9-19(35)22(18)28/h2-9,11,13,16,34-35H,10,12,14-15H2,1H3. The molecular formula is C27H24FN5O2S. The molecule has 1 aliphatic heterocycles. The third-order valence-electron chi connectivity index (χ3n) is 6.68. The number of aryl methyl sites for hydroxylation is 1. The Morgan fingerprint density at radius 3 is 2.67 bits per heavy atom. The summed E-state index contributed by atoms with van der Waals surface area (Å²) in [6.07, 6.45) is 4.41. The molecule has 4 heterocycles. The van der Waals surface area contributed by atoms with E-state index in [1.165, 1.54) is 17.4 Å². The first-order valence-corrected chi connectivity index (χ1v) is 12.6. The minimum atomic E-state index is -0.665. The van der Waals surface area contributed by atoms with Gasteiger partial charge >= 0.3 is 0 Å². The monoisotopic (exact) mass is 501 g/mol. The molecule has 9 heteroatoms. The fraction of sp³-hybridized carbons (Fsp3) is 0.222. The van der Waals surface area contributed by atoms with Crippen molar-refractivity contribution < 1.29 is 14.6 Å². The summed E-state index contributed by atoms with van der Waals surface area (Å²) in [6.45, 7) is 1.53. The van der Waals surface area contributed by atoms with Crippen molar-refractivity contribution in [1.82, 2.24) is 19.5 Å². The second-order valence-electron chi connectivity index (χ2n) is 9.01. The van der Waals surface area contributed by atoms with Crippen molar-refractivity contribution in [2.24, 2.45) is 13.0 Å². The van der Waals surface area contributed by atoms with E-state index in [2.05, 4.69) is 9.88 Å². The van der Waals surface area contributed by atoms with Crippen LogP contribution in [0.15, 0.2) is 60.9 Å². The van der Waals surface area contributed by atoms with E-state index in [9.17, 15) is 10.2 Å². The van der Waals surface area contributed by atoms with Crippen molar-refractivity contribution in [3.05, 3.63) is 66.7 Å². The summed E-state index contributed by atoms with van der Waals surface area (Å²) in [5, 5.41) is 20.8. The lowest BCUT2D eigenvalue weighted by molar-refractivity contribution is 0.238. The van der Waals surface area contributed by atoms with Gasteiger partial charge in [-0.05, 0) is 18.1 Å². The first kappa shape index (κ1) is 22.6. The Morgan fingerprint density at radius 2 is 1.94 bits per heavy atom. The second-order valence-corrected chi connectivity index (χ2v) is 10.0. The van der Waals surface area contributed by atoms with Crippen molar-refractivity contribution in [3.8, 4) is 39.0 Å². The van der Waals surface area contributed by atoms with E-state index in [1.54, 1.807) is 18.3 Å². The molecule has 6 rings (SSSR count). The average molecular weight is 502 g/mol. The summed E-state index contributed by atoms with van der Waals surface area (Å²) in [7, 11) is 1.89. The topological polar surface area (TPSA) is 87.3 Å². The highest BCUT2D eigenvalue weighted by molar-refractivity contribution is 7.22. The Hall–Kier alpha value is -3.82. The zero-order valence-corrected chi connectivity index (χ0v) is 20.4. The molecule has 36 heavy (non-hydrogen) atoms. The molecule has 0 aliphatic carbocycles. The molecule has 1 atom stereocenters. The van der Waals surface area contributed by atoms with Gasteiger partial charge in [0.25, 0.3) is 0 Å². The zero-order valence-electron chi connectivity index (χ0n) is 19.6. The number of hydrogen-bond donors (Lipinski definition) is 2. The number of phenols is 1. The molecule has 3 aromatic heterocycles. The second kappa shape index (κ2) is 9.00. The molecule has 0 amide bonds. The molecule has 1 saturated heterocycles. The molecule has 182 valence electrons. The molecule has 1 aliphatic rings. The van der Waals surface area contributed by atoms with Gasteiger partial charge in [0, 0.05) is 61.1 Å². The quantitative estimate of drug-likeness (QED) is 0.349. The van der Waals surface area contributed by atoms with Crippen molar-refractivity contribution in [2.75, 3.05) is 24.6 Å². The van der Waals surface area contributed by atoms with Gasteiger partial charge in [-0.15, -0.1) is 11.3 Å². The zero-order chi connectivity index (χ0) is 24.8. The molecule has 1 fully saturated rings. The maximum atomic E-state index is 15.2. The van der Waals surface area contributed by atoms with Crippen LogP contribution < -0.4 is 4.90 Å². The number of aromatic nitrogens is 4. The molecule has 2 aromatic carbocycles. The minimum absolute atomic E-state index is 0.117. The first-order chi connectivity index (χ1) is 17.5. The lowest BCUT2D eigenvalue weighted by Gasteiger charge is -2.20. The van der Waals surface area contributed by atoms with Crippen molar-refractivity contribution in [2.45, 2.75) is 6.42 Å². The van der Waals surface area contributed by atoms with Crippen LogP contribution in [-0.4, -0.2) is 49.4 Å². The number of anilines is 1. The molecule has 5 aromatic rings. The van der Waals surface area contributed by atoms with Crippen LogP contribution in [0, 0.1) is 11.7 Å². The Kier molecular flexibility index (Phi) is 5.66. The van der Waals surface area contributed by atoms with Gasteiger partial charge in [0.15, 0.2) is 23.2 Å². The molecule has 0 bridgehead atoms. The number of imidazole rings is 1. The Bertz CT molecular complexity index is 1570. The summed E-state index contributed by atoms with van der Waals surface area (Å²) < 4.78 is 17.1. The van der Waals surface area contributed by atoms with Crippen molar-refractivity contribution >= 4 is 27.4 Å². The number of phenolic OH excluding ortho intramolecular Hbond substituents is 1. The fourth-order valence-corrected chi connectivity index (χ4v) is 6.04. The average Bonchev–Trinajstić information content (AvgIpc) is 3.63. The van der Waals surface area contributed by atoms with Crippen LogP contribution in [0.5, 0.6) is 5.75 Å². The van der Waals surface area contributed by atoms with Gasteiger partial charge in [0.05, 0.1) is 5.39 Å². The lowest BCUT2D eigenvalue weighted by atomic mass is 9.99. The normalized spacial score (nSPS) is 15.8. The Balaban J connectivity index is 1.69. The third kappa shape index (κ3) is 3.71. The number of thiophene rings is 1. The Morgan fingerprint density at radius 1 is 1.11 bits per heavy atom. The van der Waals surface area contributed by atoms with Crippen molar-refractivity contribution in [1.29, 1.82) is 0 Å². The minimum Gasteiger partial charge on any atom is -0.505 e. The van der Waals surface area contributed by atoms with Gasteiger partial charge in [-0.2, -0.15) is 0 Å². The summed E-state index contributed by atoms with van der Waals surface area (Å²) in [5.41, 5.74) is 2.05. The molecule has 1 unspecified atom stereocenters. The number of aliphatic hydroxyl groups is 1. The highest BCUT2D eigenvalue weighted by atomic mass is 32.1. The van der Waals surface area contributed by atoms with E-state index in [1.807, 2.05) is 48.1 Å². The Labute approximate surface area is 211 Å². The fourth-order valence-electron chi connectivity index (χ4n) is 4.83. The van der Waals surface area contributed by atoms with Crippen LogP contribution in [-0.2, 0) is 7.05 Å². The number of halogens is 1. The summed E-state index contributed by atoms with van der Waals surface area (Å²) in [4.78, 5) is 17.9. The van der Waals surface area contributed by atoms with E-state index in [-0.39, 0.29) is 12.5 Å². The largest absolute Gasteiger partial charge is 0.505 e. The maximum absolute atomic E-state index is 15.2. The van der Waals surface area contributed by atoms with Crippen LogP contribution in [0.1, 0.15) is 6.42 Å². The van der Waals surface area contributed by atoms with Crippen LogP contribution in [0.25, 0.3) is 43.4 Å². The van der Waals surface area contributed by atoms with Gasteiger partial charge < -0.3 is 19.7 Å². The van der Waals surface area contributed by atoms with Gasteiger partial charge in [-0.3, -0.25) is 0 Å². The van der Waals surface area contributed by atoms with Crippen LogP contribution in [0.2, 0.25) is 0 Å². The van der Waals surface area contributed by atoms with Gasteiger partial charge in [0.1, 0.15) is 10.6 Å². The molecule has 0 saturated carbocycles. The molecule has 2 N–H and O–H groups in total. The summed E-state index contributed by atoms with van der Waals surface area (Å²) >= 11 is 1.38. The number of nitrogens with zero attached hydrogens (tertiary/aromatic N) is 5. The SMILES string of the molecule is Cn1ccnc1-c1nc(N2CCC(CO)C2)c2c(-c3ccccc3)c(-c3cccc(O)c3F)sc2n1. The molecule has 7 nitrogen and oxygen atoms in total. The number of hydrogen-bond acceptors (Lipinski definition) is 7. The lowest BCUT2D eigenvalue weighted by Crippen LogP contribution is -2.22. The molecular weight excluding hydrogens is 477 g/mol. The van der Waals surface area contributed by atoms with E-state index in [4.69, 9.17) is 9.97 Å². The van der Waals surface area contributed by atoms with E-state index in [0.29, 0.717) is 33.5 Å². The number of rotatable bonds is 5. The predicted molar refractivity (Wildman–Crippen MR) is 140 cm³/mol. The highest BCUT2D eigenvalue weighted by Crippen LogP contribution is 2.49. The molecule has 0 spiro atoms.